The third kappa shape index (κ3) is 3.74. The van der Waals surface area contributed by atoms with Crippen LogP contribution in [0.4, 0.5) is 0 Å². The molecule has 0 saturated heterocycles. The van der Waals surface area contributed by atoms with Crippen molar-refractivity contribution in [3.8, 4) is 5.69 Å². The van der Waals surface area contributed by atoms with Crippen LogP contribution in [-0.2, 0) is 16.0 Å². The molecule has 0 amide bonds. The zero-order chi connectivity index (χ0) is 20.4. The van der Waals surface area contributed by atoms with Gasteiger partial charge in [0.05, 0.1) is 24.2 Å². The summed E-state index contributed by atoms with van der Waals surface area (Å²) in [6, 6.07) is 11.7. The van der Waals surface area contributed by atoms with Crippen LogP contribution in [0.3, 0.4) is 0 Å². The Bertz CT molecular complexity index is 1080. The Hall–Kier alpha value is -2.80. The minimum Gasteiger partial charge on any atom is -0.469 e. The van der Waals surface area contributed by atoms with Crippen LogP contribution < -0.4 is 0 Å². The maximum absolute atomic E-state index is 11.8. The fourth-order valence-electron chi connectivity index (χ4n) is 3.60. The predicted octanol–water partition coefficient (Wildman–Crippen LogP) is 4.44. The summed E-state index contributed by atoms with van der Waals surface area (Å²) >= 11 is 3.60. The van der Waals surface area contributed by atoms with Crippen LogP contribution in [0, 0.1) is 0 Å². The Morgan fingerprint density at radius 1 is 1.24 bits per heavy atom. The molecule has 7 heteroatoms. The van der Waals surface area contributed by atoms with Crippen LogP contribution in [0.15, 0.2) is 58.3 Å². The first kappa shape index (κ1) is 19.5. The summed E-state index contributed by atoms with van der Waals surface area (Å²) < 4.78 is 7.98. The molecular formula is C22H21BrN4O2. The number of fused-ring (bicyclic) bond motifs is 3. The van der Waals surface area contributed by atoms with Crippen LogP contribution in [0.5, 0.6) is 0 Å². The Morgan fingerprint density at radius 2 is 2.10 bits per heavy atom. The second-order valence-electron chi connectivity index (χ2n) is 6.78. The van der Waals surface area contributed by atoms with Crippen molar-refractivity contribution in [2.75, 3.05) is 7.11 Å². The lowest BCUT2D eigenvalue weighted by molar-refractivity contribution is -0.140. The highest BCUT2D eigenvalue weighted by Gasteiger charge is 2.28. The van der Waals surface area contributed by atoms with Gasteiger partial charge in [0.1, 0.15) is 11.9 Å². The monoisotopic (exact) mass is 452 g/mol. The molecule has 2 aromatic heterocycles. The number of esters is 1. The van der Waals surface area contributed by atoms with E-state index in [4.69, 9.17) is 14.7 Å². The number of aromatic nitrogens is 3. The summed E-state index contributed by atoms with van der Waals surface area (Å²) in [6.07, 6.45) is 5.28. The van der Waals surface area contributed by atoms with Crippen LogP contribution in [0.25, 0.3) is 5.69 Å². The summed E-state index contributed by atoms with van der Waals surface area (Å²) in [6.45, 7) is 2.11. The third-order valence-electron chi connectivity index (χ3n) is 5.02. The van der Waals surface area contributed by atoms with Crippen molar-refractivity contribution in [1.29, 1.82) is 0 Å². The number of hydrogen-bond acceptors (Lipinski definition) is 5. The lowest BCUT2D eigenvalue weighted by Crippen LogP contribution is -2.10. The normalized spacial score (nSPS) is 15.1. The van der Waals surface area contributed by atoms with Gasteiger partial charge in [0.25, 0.3) is 0 Å². The van der Waals surface area contributed by atoms with Crippen molar-refractivity contribution in [2.45, 2.75) is 32.2 Å². The number of pyridine rings is 1. The first-order chi connectivity index (χ1) is 14.1. The molecule has 0 radical (unpaired) electrons. The van der Waals surface area contributed by atoms with Gasteiger partial charge in [0.2, 0.25) is 0 Å². The average Bonchev–Trinajstić information content (AvgIpc) is 3.12. The van der Waals surface area contributed by atoms with Crippen molar-refractivity contribution in [3.05, 3.63) is 76.0 Å². The topological polar surface area (TPSA) is 69.4 Å². The van der Waals surface area contributed by atoms with Crippen LogP contribution in [0.1, 0.15) is 48.6 Å². The van der Waals surface area contributed by atoms with Gasteiger partial charge >= 0.3 is 5.97 Å². The standard InChI is InChI=1S/C22H21BrN4O2/c1-3-15-13-25-22-18(8-10-20(28)29-2)26-21(17-6-4-5-11-24-17)16-12-14(23)7-9-19(16)27(15)22/h4-7,9,11-13,18H,3,8,10H2,1-2H3. The summed E-state index contributed by atoms with van der Waals surface area (Å²) in [5.41, 5.74) is 4.68. The molecule has 1 aromatic carbocycles. The van der Waals surface area contributed by atoms with Gasteiger partial charge in [-0.3, -0.25) is 19.3 Å². The number of hydrogen-bond donors (Lipinski definition) is 0. The molecule has 0 fully saturated rings. The minimum atomic E-state index is -0.280. The largest absolute Gasteiger partial charge is 0.469 e. The quantitative estimate of drug-likeness (QED) is 0.536. The molecule has 4 rings (SSSR count). The van der Waals surface area contributed by atoms with Gasteiger partial charge in [-0.1, -0.05) is 28.9 Å². The van der Waals surface area contributed by atoms with E-state index in [1.165, 1.54) is 7.11 Å². The van der Waals surface area contributed by atoms with E-state index in [0.717, 1.165) is 45.1 Å². The average molecular weight is 453 g/mol. The molecule has 148 valence electrons. The number of rotatable bonds is 5. The van der Waals surface area contributed by atoms with E-state index in [1.807, 2.05) is 30.5 Å². The fraction of sp³-hybridized carbons (Fsp3) is 0.273. The van der Waals surface area contributed by atoms with Gasteiger partial charge in [0.15, 0.2) is 0 Å². The van der Waals surface area contributed by atoms with Crippen molar-refractivity contribution in [1.82, 2.24) is 14.5 Å². The maximum Gasteiger partial charge on any atom is 0.305 e. The van der Waals surface area contributed by atoms with Crippen molar-refractivity contribution in [3.63, 3.8) is 0 Å². The Morgan fingerprint density at radius 3 is 2.83 bits per heavy atom. The lowest BCUT2D eigenvalue weighted by atomic mass is 10.0. The number of carbonyl (C=O) groups excluding carboxylic acids is 1. The molecule has 1 unspecified atom stereocenters. The molecule has 0 bridgehead atoms. The van der Waals surface area contributed by atoms with Crippen molar-refractivity contribution >= 4 is 27.6 Å². The van der Waals surface area contributed by atoms with E-state index in [0.29, 0.717) is 6.42 Å². The van der Waals surface area contributed by atoms with Gasteiger partial charge < -0.3 is 4.74 Å². The number of methoxy groups -OCH3 is 1. The summed E-state index contributed by atoms with van der Waals surface area (Å²) in [4.78, 5) is 26.1. The molecule has 0 aliphatic carbocycles. The number of carbonyl (C=O) groups is 1. The molecule has 1 aliphatic heterocycles. The van der Waals surface area contributed by atoms with Gasteiger partial charge in [-0.25, -0.2) is 4.98 Å². The Balaban J connectivity index is 1.94. The van der Waals surface area contributed by atoms with E-state index >= 15 is 0 Å². The smallest absolute Gasteiger partial charge is 0.305 e. The molecular weight excluding hydrogens is 432 g/mol. The highest BCUT2D eigenvalue weighted by molar-refractivity contribution is 9.10. The van der Waals surface area contributed by atoms with Gasteiger partial charge in [-0.2, -0.15) is 0 Å². The second kappa shape index (κ2) is 8.29. The molecule has 29 heavy (non-hydrogen) atoms. The first-order valence-corrected chi connectivity index (χ1v) is 10.3. The van der Waals surface area contributed by atoms with E-state index in [1.54, 1.807) is 6.20 Å². The number of ether oxygens (including phenoxy) is 1. The minimum absolute atomic E-state index is 0.252. The highest BCUT2D eigenvalue weighted by atomic mass is 79.9. The molecule has 3 heterocycles. The van der Waals surface area contributed by atoms with E-state index in [-0.39, 0.29) is 18.4 Å². The summed E-state index contributed by atoms with van der Waals surface area (Å²) in [5, 5.41) is 0. The first-order valence-electron chi connectivity index (χ1n) is 9.55. The molecule has 0 N–H and O–H groups in total. The van der Waals surface area contributed by atoms with Crippen LogP contribution in [-0.4, -0.2) is 33.3 Å². The second-order valence-corrected chi connectivity index (χ2v) is 7.70. The molecule has 3 aromatic rings. The zero-order valence-corrected chi connectivity index (χ0v) is 17.9. The van der Waals surface area contributed by atoms with Gasteiger partial charge in [0, 0.05) is 34.5 Å². The third-order valence-corrected chi connectivity index (χ3v) is 5.51. The maximum atomic E-state index is 11.8. The summed E-state index contributed by atoms with van der Waals surface area (Å²) in [5.74, 6) is 0.582. The Kier molecular flexibility index (Phi) is 5.58. The number of benzene rings is 1. The molecule has 1 aliphatic rings. The molecule has 1 atom stereocenters. The predicted molar refractivity (Wildman–Crippen MR) is 115 cm³/mol. The van der Waals surface area contributed by atoms with Crippen LogP contribution >= 0.6 is 15.9 Å². The number of aliphatic imine (C=N–C) groups is 1. The lowest BCUT2D eigenvalue weighted by Gasteiger charge is -2.15. The highest BCUT2D eigenvalue weighted by Crippen LogP contribution is 2.34. The van der Waals surface area contributed by atoms with E-state index in [2.05, 4.69) is 44.5 Å². The summed E-state index contributed by atoms with van der Waals surface area (Å²) in [7, 11) is 1.40. The number of halogens is 1. The van der Waals surface area contributed by atoms with Gasteiger partial charge in [-0.15, -0.1) is 0 Å². The van der Waals surface area contributed by atoms with E-state index in [9.17, 15) is 4.79 Å². The van der Waals surface area contributed by atoms with Crippen LogP contribution in [0.2, 0.25) is 0 Å². The van der Waals surface area contributed by atoms with Crippen molar-refractivity contribution in [2.24, 2.45) is 4.99 Å². The number of imidazole rings is 1. The molecule has 0 spiro atoms. The number of nitrogens with zero attached hydrogens (tertiary/aromatic N) is 4. The number of aryl methyl sites for hydroxylation is 1. The SMILES string of the molecule is CCc1cnc2n1-c1ccc(Br)cc1C(c1ccccn1)=NC2CCC(=O)OC. The van der Waals surface area contributed by atoms with Gasteiger partial charge in [-0.05, 0) is 43.2 Å². The zero-order valence-electron chi connectivity index (χ0n) is 16.3. The molecule has 6 nitrogen and oxygen atoms in total. The van der Waals surface area contributed by atoms with E-state index < -0.39 is 0 Å². The molecule has 0 saturated carbocycles. The van der Waals surface area contributed by atoms with Crippen molar-refractivity contribution < 1.29 is 9.53 Å². The Labute approximate surface area is 177 Å². The fourth-order valence-corrected chi connectivity index (χ4v) is 3.96.